The molecule has 0 saturated heterocycles. The molecule has 5 atom stereocenters. The van der Waals surface area contributed by atoms with Gasteiger partial charge in [-0.2, -0.15) is 0 Å². The van der Waals surface area contributed by atoms with Gasteiger partial charge in [0.1, 0.15) is 5.78 Å². The van der Waals surface area contributed by atoms with Crippen molar-refractivity contribution in [3.05, 3.63) is 0 Å². The van der Waals surface area contributed by atoms with Gasteiger partial charge in [-0.05, 0) is 55.3 Å². The van der Waals surface area contributed by atoms with Gasteiger partial charge < -0.3 is 0 Å². The Morgan fingerprint density at radius 3 is 2.45 bits per heavy atom. The maximum Gasteiger partial charge on any atom is 0.136 e. The van der Waals surface area contributed by atoms with Crippen LogP contribution in [0.5, 0.6) is 0 Å². The van der Waals surface area contributed by atoms with Crippen molar-refractivity contribution >= 4 is 5.78 Å². The summed E-state index contributed by atoms with van der Waals surface area (Å²) in [5.41, 5.74) is 0. The van der Waals surface area contributed by atoms with Gasteiger partial charge in [0.05, 0.1) is 0 Å². The van der Waals surface area contributed by atoms with E-state index in [4.69, 9.17) is 0 Å². The van der Waals surface area contributed by atoms with Crippen LogP contribution in [0.25, 0.3) is 0 Å². The monoisotopic (exact) mass is 278 g/mol. The molecule has 0 aromatic heterocycles. The van der Waals surface area contributed by atoms with Gasteiger partial charge in [0, 0.05) is 12.3 Å². The van der Waals surface area contributed by atoms with E-state index >= 15 is 0 Å². The molecular formula is C19H34O. The van der Waals surface area contributed by atoms with E-state index in [1.54, 1.807) is 0 Å². The van der Waals surface area contributed by atoms with Crippen LogP contribution in [0.3, 0.4) is 0 Å². The summed E-state index contributed by atoms with van der Waals surface area (Å²) in [6, 6.07) is 0. The van der Waals surface area contributed by atoms with Gasteiger partial charge in [-0.3, -0.25) is 4.79 Å². The van der Waals surface area contributed by atoms with Crippen molar-refractivity contribution in [3.8, 4) is 0 Å². The Morgan fingerprint density at radius 2 is 1.85 bits per heavy atom. The lowest BCUT2D eigenvalue weighted by atomic mass is 9.60. The maximum absolute atomic E-state index is 12.4. The van der Waals surface area contributed by atoms with Crippen molar-refractivity contribution < 1.29 is 4.79 Å². The molecule has 116 valence electrons. The Morgan fingerprint density at radius 1 is 1.10 bits per heavy atom. The lowest BCUT2D eigenvalue weighted by molar-refractivity contribution is -0.128. The Balaban J connectivity index is 2.15. The molecule has 1 nitrogen and oxygen atoms in total. The van der Waals surface area contributed by atoms with E-state index in [1.165, 1.54) is 38.5 Å². The molecule has 2 aliphatic carbocycles. The van der Waals surface area contributed by atoms with E-state index in [2.05, 4.69) is 27.7 Å². The van der Waals surface area contributed by atoms with Gasteiger partial charge in [0.2, 0.25) is 0 Å². The van der Waals surface area contributed by atoms with E-state index in [0.717, 1.165) is 36.5 Å². The molecule has 2 rings (SSSR count). The molecular weight excluding hydrogens is 244 g/mol. The van der Waals surface area contributed by atoms with Crippen molar-refractivity contribution in [2.75, 3.05) is 0 Å². The Kier molecular flexibility index (Phi) is 5.69. The van der Waals surface area contributed by atoms with Crippen LogP contribution in [0.1, 0.15) is 79.1 Å². The first-order chi connectivity index (χ1) is 9.54. The molecule has 0 bridgehead atoms. The zero-order chi connectivity index (χ0) is 14.7. The third kappa shape index (κ3) is 3.46. The zero-order valence-electron chi connectivity index (χ0n) is 14.0. The molecule has 1 heteroatoms. The Labute approximate surface area is 125 Å². The fraction of sp³-hybridized carbons (Fsp3) is 0.947. The summed E-state index contributed by atoms with van der Waals surface area (Å²) in [6.45, 7) is 9.52. The van der Waals surface area contributed by atoms with E-state index in [9.17, 15) is 4.79 Å². The Bertz CT molecular complexity index is 320. The largest absolute Gasteiger partial charge is 0.299 e. The first kappa shape index (κ1) is 16.0. The van der Waals surface area contributed by atoms with Crippen molar-refractivity contribution in [2.24, 2.45) is 35.5 Å². The van der Waals surface area contributed by atoms with E-state index in [-0.39, 0.29) is 0 Å². The third-order valence-electron chi connectivity index (χ3n) is 6.21. The van der Waals surface area contributed by atoms with Gasteiger partial charge >= 0.3 is 0 Å². The topological polar surface area (TPSA) is 17.1 Å². The average molecular weight is 278 g/mol. The number of rotatable bonds is 4. The van der Waals surface area contributed by atoms with Crippen LogP contribution in [0.4, 0.5) is 0 Å². The average Bonchev–Trinajstić information content (AvgIpc) is 2.41. The third-order valence-corrected chi connectivity index (χ3v) is 6.21. The molecule has 2 fully saturated rings. The van der Waals surface area contributed by atoms with Crippen LogP contribution in [0, 0.1) is 35.5 Å². The quantitative estimate of drug-likeness (QED) is 0.665. The number of hydrogen-bond acceptors (Lipinski definition) is 1. The lowest BCUT2D eigenvalue weighted by Crippen LogP contribution is -2.39. The number of ketones is 1. The summed E-state index contributed by atoms with van der Waals surface area (Å²) >= 11 is 0. The van der Waals surface area contributed by atoms with Crippen LogP contribution in [0.15, 0.2) is 0 Å². The van der Waals surface area contributed by atoms with Crippen LogP contribution in [-0.2, 0) is 4.79 Å². The van der Waals surface area contributed by atoms with Crippen molar-refractivity contribution in [2.45, 2.75) is 79.1 Å². The number of Topliss-reactive ketones (excluding diaryl/α,β-unsaturated/α-hetero) is 1. The highest BCUT2D eigenvalue weighted by Crippen LogP contribution is 2.46. The van der Waals surface area contributed by atoms with Crippen LogP contribution < -0.4 is 0 Å². The second-order valence-electron chi connectivity index (χ2n) is 7.88. The molecule has 2 aliphatic rings. The van der Waals surface area contributed by atoms with Gasteiger partial charge in [-0.1, -0.05) is 47.0 Å². The summed E-state index contributed by atoms with van der Waals surface area (Å²) in [5, 5.41) is 0. The smallest absolute Gasteiger partial charge is 0.136 e. The minimum absolute atomic E-state index is 0.394. The summed E-state index contributed by atoms with van der Waals surface area (Å²) < 4.78 is 0. The van der Waals surface area contributed by atoms with E-state index in [0.29, 0.717) is 17.6 Å². The van der Waals surface area contributed by atoms with Gasteiger partial charge in [0.15, 0.2) is 0 Å². The molecule has 20 heavy (non-hydrogen) atoms. The number of carbonyl (C=O) groups is 1. The summed E-state index contributed by atoms with van der Waals surface area (Å²) in [4.78, 5) is 12.4. The van der Waals surface area contributed by atoms with Crippen LogP contribution in [-0.4, -0.2) is 5.78 Å². The molecule has 0 N–H and O–H groups in total. The second-order valence-corrected chi connectivity index (χ2v) is 7.88. The molecule has 0 radical (unpaired) electrons. The predicted molar refractivity (Wildman–Crippen MR) is 85.6 cm³/mol. The van der Waals surface area contributed by atoms with Gasteiger partial charge in [-0.15, -0.1) is 0 Å². The molecule has 0 aromatic carbocycles. The first-order valence-electron chi connectivity index (χ1n) is 9.07. The highest BCUT2D eigenvalue weighted by molar-refractivity contribution is 5.81. The highest BCUT2D eigenvalue weighted by atomic mass is 16.1. The highest BCUT2D eigenvalue weighted by Gasteiger charge is 2.40. The second kappa shape index (κ2) is 7.09. The minimum Gasteiger partial charge on any atom is -0.299 e. The molecule has 0 aromatic rings. The van der Waals surface area contributed by atoms with E-state index in [1.807, 2.05) is 0 Å². The maximum atomic E-state index is 12.4. The van der Waals surface area contributed by atoms with Crippen molar-refractivity contribution in [1.29, 1.82) is 0 Å². The standard InChI is InChI=1S/C19H34O/c1-5-15(17-8-6-7-9-19(17)20)18-12-14(4)10-11-16(18)13(2)3/h13-18H,5-12H2,1-4H3. The van der Waals surface area contributed by atoms with Gasteiger partial charge in [0.25, 0.3) is 0 Å². The Hall–Kier alpha value is -0.330. The summed E-state index contributed by atoms with van der Waals surface area (Å²) in [6.07, 6.45) is 9.81. The first-order valence-corrected chi connectivity index (χ1v) is 9.07. The molecule has 0 aliphatic heterocycles. The van der Waals surface area contributed by atoms with E-state index < -0.39 is 0 Å². The minimum atomic E-state index is 0.394. The molecule has 0 amide bonds. The molecule has 5 unspecified atom stereocenters. The van der Waals surface area contributed by atoms with Crippen LogP contribution in [0.2, 0.25) is 0 Å². The molecule has 0 spiro atoms. The molecule has 0 heterocycles. The normalized spacial score (nSPS) is 37.1. The fourth-order valence-electron chi connectivity index (χ4n) is 5.12. The summed E-state index contributed by atoms with van der Waals surface area (Å²) in [5.74, 6) is 4.94. The zero-order valence-corrected chi connectivity index (χ0v) is 14.0. The number of hydrogen-bond donors (Lipinski definition) is 0. The van der Waals surface area contributed by atoms with Crippen molar-refractivity contribution in [1.82, 2.24) is 0 Å². The predicted octanol–water partition coefficient (Wildman–Crippen LogP) is 5.48. The fourth-order valence-corrected chi connectivity index (χ4v) is 5.12. The summed E-state index contributed by atoms with van der Waals surface area (Å²) in [7, 11) is 0. The lowest BCUT2D eigenvalue weighted by Gasteiger charge is -2.44. The SMILES string of the molecule is CCC(C1CCCCC1=O)C1CC(C)CCC1C(C)C. The van der Waals surface area contributed by atoms with Crippen LogP contribution >= 0.6 is 0 Å². The number of carbonyl (C=O) groups excluding carboxylic acids is 1. The van der Waals surface area contributed by atoms with Crippen molar-refractivity contribution in [3.63, 3.8) is 0 Å². The molecule has 2 saturated carbocycles. The van der Waals surface area contributed by atoms with Gasteiger partial charge in [-0.25, -0.2) is 0 Å².